The lowest BCUT2D eigenvalue weighted by Gasteiger charge is -2.38. The molecule has 0 radical (unpaired) electrons. The molecule has 26 heavy (non-hydrogen) atoms. The predicted octanol–water partition coefficient (Wildman–Crippen LogP) is 2.92. The Morgan fingerprint density at radius 2 is 1.62 bits per heavy atom. The first-order valence-corrected chi connectivity index (χ1v) is 9.03. The lowest BCUT2D eigenvalue weighted by molar-refractivity contribution is -0.135. The second kappa shape index (κ2) is 6.90. The SMILES string of the molecule is O=C1CC(C(=O)N2CCN(c3ccccc3F)CC2)Cc2ccccc21. The number of carbonyl (C=O) groups is 2. The van der Waals surface area contributed by atoms with E-state index in [2.05, 4.69) is 0 Å². The number of rotatable bonds is 2. The van der Waals surface area contributed by atoms with Crippen molar-refractivity contribution in [2.45, 2.75) is 12.8 Å². The number of hydrogen-bond donors (Lipinski definition) is 0. The summed E-state index contributed by atoms with van der Waals surface area (Å²) in [5.74, 6) is -0.421. The van der Waals surface area contributed by atoms with E-state index in [0.717, 1.165) is 11.1 Å². The van der Waals surface area contributed by atoms with Crippen LogP contribution in [0.3, 0.4) is 0 Å². The fraction of sp³-hybridized carbons (Fsp3) is 0.333. The maximum atomic E-state index is 13.9. The van der Waals surface area contributed by atoms with E-state index >= 15 is 0 Å². The Kier molecular flexibility index (Phi) is 4.45. The highest BCUT2D eigenvalue weighted by Gasteiger charge is 2.33. The third kappa shape index (κ3) is 3.09. The molecule has 1 aliphatic carbocycles. The Balaban J connectivity index is 1.42. The Morgan fingerprint density at radius 3 is 2.38 bits per heavy atom. The molecular weight excluding hydrogens is 331 g/mol. The summed E-state index contributed by atoms with van der Waals surface area (Å²) in [5.41, 5.74) is 2.30. The molecular formula is C21H21FN2O2. The quantitative estimate of drug-likeness (QED) is 0.834. The molecule has 1 saturated heterocycles. The van der Waals surface area contributed by atoms with Crippen LogP contribution in [0.1, 0.15) is 22.3 Å². The number of hydrogen-bond acceptors (Lipinski definition) is 3. The summed E-state index contributed by atoms with van der Waals surface area (Å²) >= 11 is 0. The van der Waals surface area contributed by atoms with Gasteiger partial charge in [0.2, 0.25) is 5.91 Å². The van der Waals surface area contributed by atoms with Gasteiger partial charge in [0.15, 0.2) is 5.78 Å². The third-order valence-corrected chi connectivity index (χ3v) is 5.35. The van der Waals surface area contributed by atoms with Crippen LogP contribution in [-0.2, 0) is 11.2 Å². The molecule has 4 nitrogen and oxygen atoms in total. The lowest BCUT2D eigenvalue weighted by Crippen LogP contribution is -2.51. The first kappa shape index (κ1) is 16.8. The zero-order valence-electron chi connectivity index (χ0n) is 14.5. The van der Waals surface area contributed by atoms with Gasteiger partial charge in [0.1, 0.15) is 5.82 Å². The molecule has 2 aromatic rings. The Labute approximate surface area is 152 Å². The topological polar surface area (TPSA) is 40.6 Å². The number of Topliss-reactive ketones (excluding diaryl/α,β-unsaturated/α-hetero) is 1. The van der Waals surface area contributed by atoms with Gasteiger partial charge in [0, 0.05) is 44.1 Å². The highest BCUT2D eigenvalue weighted by Crippen LogP contribution is 2.28. The van der Waals surface area contributed by atoms with E-state index in [9.17, 15) is 14.0 Å². The van der Waals surface area contributed by atoms with Crippen LogP contribution in [0, 0.1) is 11.7 Å². The van der Waals surface area contributed by atoms with Crippen molar-refractivity contribution in [3.8, 4) is 0 Å². The van der Waals surface area contributed by atoms with Gasteiger partial charge < -0.3 is 9.80 Å². The average Bonchev–Trinajstić information content (AvgIpc) is 2.68. The first-order chi connectivity index (χ1) is 12.6. The molecule has 1 aliphatic heterocycles. The fourth-order valence-corrected chi connectivity index (χ4v) is 3.95. The summed E-state index contributed by atoms with van der Waals surface area (Å²) in [6.45, 7) is 2.31. The van der Waals surface area contributed by atoms with Gasteiger partial charge in [-0.3, -0.25) is 9.59 Å². The molecule has 1 amide bonds. The zero-order valence-corrected chi connectivity index (χ0v) is 14.5. The van der Waals surface area contributed by atoms with Gasteiger partial charge in [-0.1, -0.05) is 36.4 Å². The summed E-state index contributed by atoms with van der Waals surface area (Å²) in [6, 6.07) is 14.3. The molecule has 2 aliphatic rings. The second-order valence-corrected chi connectivity index (χ2v) is 6.95. The minimum atomic E-state index is -0.280. The highest BCUT2D eigenvalue weighted by molar-refractivity contribution is 6.01. The average molecular weight is 352 g/mol. The fourth-order valence-electron chi connectivity index (χ4n) is 3.95. The Morgan fingerprint density at radius 1 is 0.923 bits per heavy atom. The van der Waals surface area contributed by atoms with Crippen LogP contribution in [0.15, 0.2) is 48.5 Å². The second-order valence-electron chi connectivity index (χ2n) is 6.95. The number of piperazine rings is 1. The van der Waals surface area contributed by atoms with E-state index in [0.29, 0.717) is 38.3 Å². The maximum absolute atomic E-state index is 13.9. The van der Waals surface area contributed by atoms with Gasteiger partial charge >= 0.3 is 0 Å². The molecule has 0 bridgehead atoms. The van der Waals surface area contributed by atoms with Crippen LogP contribution in [-0.4, -0.2) is 42.8 Å². The van der Waals surface area contributed by atoms with Crippen LogP contribution in [0.2, 0.25) is 0 Å². The number of anilines is 1. The summed E-state index contributed by atoms with van der Waals surface area (Å²) in [7, 11) is 0. The summed E-state index contributed by atoms with van der Waals surface area (Å²) < 4.78 is 13.9. The van der Waals surface area contributed by atoms with Gasteiger partial charge in [0.05, 0.1) is 5.69 Å². The molecule has 134 valence electrons. The van der Waals surface area contributed by atoms with Crippen LogP contribution in [0.4, 0.5) is 10.1 Å². The van der Waals surface area contributed by atoms with Gasteiger partial charge in [-0.25, -0.2) is 4.39 Å². The van der Waals surface area contributed by atoms with Crippen LogP contribution in [0.5, 0.6) is 0 Å². The number of fused-ring (bicyclic) bond motifs is 1. The molecule has 0 aromatic heterocycles. The van der Waals surface area contributed by atoms with Crippen LogP contribution in [0.25, 0.3) is 0 Å². The van der Waals surface area contributed by atoms with E-state index < -0.39 is 0 Å². The predicted molar refractivity (Wildman–Crippen MR) is 97.8 cm³/mol. The minimum Gasteiger partial charge on any atom is -0.366 e. The first-order valence-electron chi connectivity index (χ1n) is 9.03. The Bertz CT molecular complexity index is 843. The van der Waals surface area contributed by atoms with Crippen molar-refractivity contribution in [3.63, 3.8) is 0 Å². The van der Waals surface area contributed by atoms with Crippen molar-refractivity contribution in [1.29, 1.82) is 0 Å². The summed E-state index contributed by atoms with van der Waals surface area (Å²) in [5, 5.41) is 0. The van der Waals surface area contributed by atoms with Gasteiger partial charge in [0.25, 0.3) is 0 Å². The number of nitrogens with zero attached hydrogens (tertiary/aromatic N) is 2. The highest BCUT2D eigenvalue weighted by atomic mass is 19.1. The number of para-hydroxylation sites is 1. The Hall–Kier alpha value is -2.69. The largest absolute Gasteiger partial charge is 0.366 e. The summed E-state index contributed by atoms with van der Waals surface area (Å²) in [4.78, 5) is 29.0. The minimum absolute atomic E-state index is 0.0426. The van der Waals surface area contributed by atoms with Gasteiger partial charge in [-0.15, -0.1) is 0 Å². The summed E-state index contributed by atoms with van der Waals surface area (Å²) in [6.07, 6.45) is 0.900. The van der Waals surface area contributed by atoms with Crippen molar-refractivity contribution >= 4 is 17.4 Å². The molecule has 1 heterocycles. The van der Waals surface area contributed by atoms with Crippen LogP contribution < -0.4 is 4.90 Å². The monoisotopic (exact) mass is 352 g/mol. The molecule has 5 heteroatoms. The molecule has 1 atom stereocenters. The molecule has 1 fully saturated rings. The maximum Gasteiger partial charge on any atom is 0.226 e. The van der Waals surface area contributed by atoms with Crippen molar-refractivity contribution in [3.05, 3.63) is 65.5 Å². The van der Waals surface area contributed by atoms with E-state index in [1.54, 1.807) is 12.1 Å². The number of halogens is 1. The van der Waals surface area contributed by atoms with Crippen molar-refractivity contribution in [2.24, 2.45) is 5.92 Å². The van der Waals surface area contributed by atoms with E-state index in [1.165, 1.54) is 6.07 Å². The molecule has 0 spiro atoms. The lowest BCUT2D eigenvalue weighted by atomic mass is 9.82. The molecule has 0 N–H and O–H groups in total. The number of ketones is 1. The normalized spacial score (nSPS) is 20.0. The van der Waals surface area contributed by atoms with Crippen molar-refractivity contribution in [2.75, 3.05) is 31.1 Å². The van der Waals surface area contributed by atoms with Crippen LogP contribution >= 0.6 is 0 Å². The number of amides is 1. The molecule has 0 saturated carbocycles. The van der Waals surface area contributed by atoms with Gasteiger partial charge in [-0.05, 0) is 24.1 Å². The zero-order chi connectivity index (χ0) is 18.1. The number of benzene rings is 2. The smallest absolute Gasteiger partial charge is 0.226 e. The van der Waals surface area contributed by atoms with Crippen molar-refractivity contribution in [1.82, 2.24) is 4.90 Å². The van der Waals surface area contributed by atoms with E-state index in [-0.39, 0.29) is 29.8 Å². The van der Waals surface area contributed by atoms with Gasteiger partial charge in [-0.2, -0.15) is 0 Å². The molecule has 2 aromatic carbocycles. The molecule has 1 unspecified atom stereocenters. The standard InChI is InChI=1S/C21H21FN2O2/c22-18-7-3-4-8-19(18)23-9-11-24(12-10-23)21(26)16-13-15-5-1-2-6-17(15)20(25)14-16/h1-8,16H,9-14H2. The van der Waals surface area contributed by atoms with Crippen molar-refractivity contribution < 1.29 is 14.0 Å². The number of carbonyl (C=O) groups excluding carboxylic acids is 2. The molecule has 4 rings (SSSR count). The van der Waals surface area contributed by atoms with E-state index in [4.69, 9.17) is 0 Å². The van der Waals surface area contributed by atoms with E-state index in [1.807, 2.05) is 40.1 Å². The third-order valence-electron chi connectivity index (χ3n) is 5.35.